The molecule has 1 aromatic heterocycles. The van der Waals surface area contributed by atoms with Gasteiger partial charge in [0.1, 0.15) is 0 Å². The number of H-pyrrole nitrogens is 1. The van der Waals surface area contributed by atoms with Crippen LogP contribution in [0, 0.1) is 12.8 Å². The van der Waals surface area contributed by atoms with Crippen molar-refractivity contribution in [2.45, 2.75) is 26.7 Å². The molecule has 0 fully saturated rings. The first kappa shape index (κ1) is 11.7. The molecule has 0 spiro atoms. The lowest BCUT2D eigenvalue weighted by atomic mass is 10.0. The van der Waals surface area contributed by atoms with Crippen molar-refractivity contribution in [2.75, 3.05) is 11.9 Å². The molecule has 0 aliphatic heterocycles. The third-order valence-electron chi connectivity index (χ3n) is 2.36. The number of nitrogens with two attached hydrogens (primary N) is 1. The van der Waals surface area contributed by atoms with Crippen molar-refractivity contribution < 1.29 is 4.79 Å². The smallest absolute Gasteiger partial charge is 0.225 e. The van der Waals surface area contributed by atoms with Crippen LogP contribution >= 0.6 is 0 Å². The lowest BCUT2D eigenvalue weighted by molar-refractivity contribution is -0.117. The van der Waals surface area contributed by atoms with Gasteiger partial charge in [0, 0.05) is 18.2 Å². The predicted octanol–water partition coefficient (Wildman–Crippen LogP) is 1.03. The number of aromatic nitrogens is 2. The molecule has 1 rings (SSSR count). The van der Waals surface area contributed by atoms with E-state index in [4.69, 9.17) is 5.73 Å². The molecule has 1 atom stereocenters. The number of carbonyl (C=O) groups excluding carboxylic acids is 1. The Morgan fingerprint density at radius 2 is 2.47 bits per heavy atom. The summed E-state index contributed by atoms with van der Waals surface area (Å²) in [5.41, 5.74) is 6.45. The van der Waals surface area contributed by atoms with E-state index in [1.54, 1.807) is 6.07 Å². The van der Waals surface area contributed by atoms with Crippen LogP contribution in [0.5, 0.6) is 0 Å². The van der Waals surface area contributed by atoms with Crippen molar-refractivity contribution >= 4 is 11.7 Å². The third-order valence-corrected chi connectivity index (χ3v) is 2.36. The minimum absolute atomic E-state index is 0.0289. The largest absolute Gasteiger partial charge is 0.330 e. The molecule has 15 heavy (non-hydrogen) atoms. The molecular weight excluding hydrogens is 192 g/mol. The molecule has 4 N–H and O–H groups in total. The van der Waals surface area contributed by atoms with Crippen LogP contribution in [0.25, 0.3) is 0 Å². The van der Waals surface area contributed by atoms with Gasteiger partial charge in [-0.05, 0) is 19.4 Å². The van der Waals surface area contributed by atoms with Crippen molar-refractivity contribution in [3.05, 3.63) is 11.8 Å². The highest BCUT2D eigenvalue weighted by molar-refractivity contribution is 5.89. The lowest BCUT2D eigenvalue weighted by Gasteiger charge is -2.10. The second-order valence-corrected chi connectivity index (χ2v) is 3.70. The standard InChI is InChI=1S/C10H18N4O/c1-3-8(6-11)5-10(15)12-9-4-7(2)13-14-9/h4,8H,3,5-6,11H2,1-2H3,(H2,12,13,14,15). The maximum atomic E-state index is 11.5. The average Bonchev–Trinajstić information content (AvgIpc) is 2.60. The molecule has 0 aliphatic carbocycles. The fourth-order valence-corrected chi connectivity index (χ4v) is 1.33. The van der Waals surface area contributed by atoms with Gasteiger partial charge in [-0.25, -0.2) is 0 Å². The quantitative estimate of drug-likeness (QED) is 0.678. The highest BCUT2D eigenvalue weighted by Gasteiger charge is 2.11. The van der Waals surface area contributed by atoms with E-state index in [-0.39, 0.29) is 11.8 Å². The molecule has 0 saturated heterocycles. The van der Waals surface area contributed by atoms with Crippen molar-refractivity contribution in [1.29, 1.82) is 0 Å². The van der Waals surface area contributed by atoms with Gasteiger partial charge < -0.3 is 11.1 Å². The number of carbonyl (C=O) groups is 1. The summed E-state index contributed by atoms with van der Waals surface area (Å²) in [6.07, 6.45) is 1.38. The van der Waals surface area contributed by atoms with Crippen LogP contribution in [0.4, 0.5) is 5.82 Å². The number of nitrogens with zero attached hydrogens (tertiary/aromatic N) is 1. The topological polar surface area (TPSA) is 83.8 Å². The van der Waals surface area contributed by atoms with Gasteiger partial charge >= 0.3 is 0 Å². The monoisotopic (exact) mass is 210 g/mol. The van der Waals surface area contributed by atoms with Crippen LogP contribution in [0.15, 0.2) is 6.07 Å². The van der Waals surface area contributed by atoms with Gasteiger partial charge in [-0.1, -0.05) is 13.3 Å². The maximum Gasteiger partial charge on any atom is 0.225 e. The Morgan fingerprint density at radius 3 is 2.93 bits per heavy atom. The number of aryl methyl sites for hydroxylation is 1. The van der Waals surface area contributed by atoms with Crippen LogP contribution in [-0.4, -0.2) is 22.6 Å². The molecule has 0 saturated carbocycles. The highest BCUT2D eigenvalue weighted by atomic mass is 16.1. The van der Waals surface area contributed by atoms with E-state index in [2.05, 4.69) is 15.5 Å². The summed E-state index contributed by atoms with van der Waals surface area (Å²) in [4.78, 5) is 11.5. The van der Waals surface area contributed by atoms with Crippen molar-refractivity contribution in [1.82, 2.24) is 10.2 Å². The summed E-state index contributed by atoms with van der Waals surface area (Å²) in [6, 6.07) is 1.79. The SMILES string of the molecule is CCC(CN)CC(=O)Nc1cc(C)[nH]n1. The molecule has 0 aliphatic rings. The second-order valence-electron chi connectivity index (χ2n) is 3.70. The van der Waals surface area contributed by atoms with E-state index >= 15 is 0 Å². The third kappa shape index (κ3) is 3.71. The number of nitrogens with one attached hydrogen (secondary N) is 2. The molecule has 5 heteroatoms. The first-order chi connectivity index (χ1) is 7.15. The molecule has 0 bridgehead atoms. The Hall–Kier alpha value is -1.36. The lowest BCUT2D eigenvalue weighted by Crippen LogP contribution is -2.21. The molecule has 0 radical (unpaired) electrons. The summed E-state index contributed by atoms with van der Waals surface area (Å²) in [5.74, 6) is 0.799. The van der Waals surface area contributed by atoms with Gasteiger partial charge in [-0.3, -0.25) is 9.89 Å². The highest BCUT2D eigenvalue weighted by Crippen LogP contribution is 2.09. The number of amides is 1. The normalized spacial score (nSPS) is 12.5. The molecular formula is C10H18N4O. The van der Waals surface area contributed by atoms with E-state index in [9.17, 15) is 4.79 Å². The molecule has 1 heterocycles. The fourth-order valence-electron chi connectivity index (χ4n) is 1.33. The Morgan fingerprint density at radius 1 is 1.73 bits per heavy atom. The Kier molecular flexibility index (Phi) is 4.30. The summed E-state index contributed by atoms with van der Waals surface area (Å²) >= 11 is 0. The van der Waals surface area contributed by atoms with Crippen molar-refractivity contribution in [2.24, 2.45) is 11.7 Å². The van der Waals surface area contributed by atoms with E-state index in [0.29, 0.717) is 18.8 Å². The van der Waals surface area contributed by atoms with Gasteiger partial charge in [0.05, 0.1) is 0 Å². The molecule has 0 aromatic carbocycles. The minimum Gasteiger partial charge on any atom is -0.330 e. The molecule has 1 amide bonds. The van der Waals surface area contributed by atoms with E-state index in [0.717, 1.165) is 12.1 Å². The Bertz CT molecular complexity index is 317. The molecule has 1 aromatic rings. The second kappa shape index (κ2) is 5.50. The van der Waals surface area contributed by atoms with Gasteiger partial charge in [0.25, 0.3) is 0 Å². The predicted molar refractivity (Wildman–Crippen MR) is 59.4 cm³/mol. The number of hydrogen-bond donors (Lipinski definition) is 3. The van der Waals surface area contributed by atoms with E-state index < -0.39 is 0 Å². The number of hydrogen-bond acceptors (Lipinski definition) is 3. The Labute approximate surface area is 89.4 Å². The van der Waals surface area contributed by atoms with E-state index in [1.807, 2.05) is 13.8 Å². The first-order valence-electron chi connectivity index (χ1n) is 5.17. The van der Waals surface area contributed by atoms with Crippen LogP contribution in [0.3, 0.4) is 0 Å². The maximum absolute atomic E-state index is 11.5. The van der Waals surface area contributed by atoms with Crippen molar-refractivity contribution in [3.8, 4) is 0 Å². The van der Waals surface area contributed by atoms with Crippen molar-refractivity contribution in [3.63, 3.8) is 0 Å². The zero-order valence-corrected chi connectivity index (χ0v) is 9.21. The zero-order valence-electron chi connectivity index (χ0n) is 9.21. The number of rotatable bonds is 5. The molecule has 84 valence electrons. The average molecular weight is 210 g/mol. The van der Waals surface area contributed by atoms with Crippen LogP contribution in [0.1, 0.15) is 25.5 Å². The van der Waals surface area contributed by atoms with Crippen LogP contribution in [-0.2, 0) is 4.79 Å². The molecule has 5 nitrogen and oxygen atoms in total. The van der Waals surface area contributed by atoms with Crippen LogP contribution < -0.4 is 11.1 Å². The van der Waals surface area contributed by atoms with Gasteiger partial charge in [0.15, 0.2) is 5.82 Å². The molecule has 1 unspecified atom stereocenters. The van der Waals surface area contributed by atoms with Gasteiger partial charge in [-0.15, -0.1) is 0 Å². The van der Waals surface area contributed by atoms with Crippen LogP contribution in [0.2, 0.25) is 0 Å². The van der Waals surface area contributed by atoms with Gasteiger partial charge in [0.2, 0.25) is 5.91 Å². The van der Waals surface area contributed by atoms with E-state index in [1.165, 1.54) is 0 Å². The number of anilines is 1. The minimum atomic E-state index is -0.0289. The first-order valence-corrected chi connectivity index (χ1v) is 5.17. The fraction of sp³-hybridized carbons (Fsp3) is 0.600. The summed E-state index contributed by atoms with van der Waals surface area (Å²) in [6.45, 7) is 4.46. The zero-order chi connectivity index (χ0) is 11.3. The summed E-state index contributed by atoms with van der Waals surface area (Å²) < 4.78 is 0. The summed E-state index contributed by atoms with van der Waals surface area (Å²) in [5, 5.41) is 9.42. The Balaban J connectivity index is 2.42. The number of aromatic amines is 1. The van der Waals surface area contributed by atoms with Gasteiger partial charge in [-0.2, -0.15) is 5.10 Å². The summed E-state index contributed by atoms with van der Waals surface area (Å²) in [7, 11) is 0.